The van der Waals surface area contributed by atoms with E-state index in [0.29, 0.717) is 12.6 Å². The predicted octanol–water partition coefficient (Wildman–Crippen LogP) is 3.48. The summed E-state index contributed by atoms with van der Waals surface area (Å²) in [5.74, 6) is 0.0475. The van der Waals surface area contributed by atoms with E-state index < -0.39 is 0 Å². The Morgan fingerprint density at radius 3 is 2.71 bits per heavy atom. The van der Waals surface area contributed by atoms with E-state index in [1.165, 1.54) is 35.4 Å². The van der Waals surface area contributed by atoms with Crippen LogP contribution < -0.4 is 5.32 Å². The number of carbonyl (C=O) groups excluding carboxylic acids is 1. The van der Waals surface area contributed by atoms with Gasteiger partial charge in [0.2, 0.25) is 5.91 Å². The molecule has 2 heterocycles. The Bertz CT molecular complexity index is 700. The third-order valence-electron chi connectivity index (χ3n) is 4.85. The van der Waals surface area contributed by atoms with Gasteiger partial charge in [0.25, 0.3) is 0 Å². The van der Waals surface area contributed by atoms with E-state index in [1.54, 1.807) is 10.9 Å². The van der Waals surface area contributed by atoms with E-state index in [2.05, 4.69) is 34.4 Å². The molecule has 0 atom stereocenters. The fraction of sp³-hybridized carbons (Fsp3) is 0.556. The highest BCUT2D eigenvalue weighted by atomic mass is 32.1. The van der Waals surface area contributed by atoms with Gasteiger partial charge < -0.3 is 5.32 Å². The number of hydrogen-bond donors (Lipinski definition) is 1. The summed E-state index contributed by atoms with van der Waals surface area (Å²) >= 11 is 1.82. The largest absolute Gasteiger partial charge is 0.322 e. The molecular formula is C18H26N4OS. The topological polar surface area (TPSA) is 50.2 Å². The van der Waals surface area contributed by atoms with E-state index in [-0.39, 0.29) is 5.91 Å². The molecule has 1 N–H and O–H groups in total. The van der Waals surface area contributed by atoms with Gasteiger partial charge in [0.05, 0.1) is 24.1 Å². The fourth-order valence-corrected chi connectivity index (χ4v) is 4.27. The highest BCUT2D eigenvalue weighted by Crippen LogP contribution is 2.26. The second kappa shape index (κ2) is 7.49. The molecule has 2 aromatic rings. The third kappa shape index (κ3) is 4.05. The van der Waals surface area contributed by atoms with Crippen molar-refractivity contribution in [2.24, 2.45) is 7.05 Å². The molecule has 1 saturated carbocycles. The number of rotatable bonds is 6. The van der Waals surface area contributed by atoms with Crippen LogP contribution in [-0.4, -0.2) is 33.2 Å². The lowest BCUT2D eigenvalue weighted by molar-refractivity contribution is -0.118. The maximum atomic E-state index is 12.6. The lowest BCUT2D eigenvalue weighted by atomic mass is 10.2. The third-order valence-corrected chi connectivity index (χ3v) is 5.84. The van der Waals surface area contributed by atoms with Crippen molar-refractivity contribution in [2.75, 3.05) is 11.9 Å². The molecular weight excluding hydrogens is 320 g/mol. The monoisotopic (exact) mass is 346 g/mol. The number of anilines is 1. The van der Waals surface area contributed by atoms with Gasteiger partial charge in [-0.1, -0.05) is 12.8 Å². The number of amides is 1. The molecule has 5 nitrogen and oxygen atoms in total. The number of aromatic nitrogens is 2. The van der Waals surface area contributed by atoms with Crippen molar-refractivity contribution < 1.29 is 4.79 Å². The van der Waals surface area contributed by atoms with Crippen LogP contribution in [0.1, 0.15) is 41.1 Å². The molecule has 0 aromatic carbocycles. The van der Waals surface area contributed by atoms with E-state index in [9.17, 15) is 4.79 Å². The zero-order valence-electron chi connectivity index (χ0n) is 14.7. The quantitative estimate of drug-likeness (QED) is 0.871. The standard InChI is InChI=1S/C18H26N4OS/c1-13-8-9-16(24-13)11-22(15-6-4-5-7-15)12-18(23)20-17-10-19-21(3)14(17)2/h8-10,15H,4-7,11-12H2,1-3H3,(H,20,23). The molecule has 0 unspecified atom stereocenters. The highest BCUT2D eigenvalue weighted by molar-refractivity contribution is 7.11. The maximum Gasteiger partial charge on any atom is 0.238 e. The van der Waals surface area contributed by atoms with E-state index in [4.69, 9.17) is 0 Å². The lowest BCUT2D eigenvalue weighted by Gasteiger charge is -2.27. The lowest BCUT2D eigenvalue weighted by Crippen LogP contribution is -2.39. The number of nitrogens with one attached hydrogen (secondary N) is 1. The second-order valence-electron chi connectivity index (χ2n) is 6.67. The normalized spacial score (nSPS) is 15.3. The van der Waals surface area contributed by atoms with Crippen LogP contribution in [0.3, 0.4) is 0 Å². The molecule has 6 heteroatoms. The average molecular weight is 347 g/mol. The Morgan fingerprint density at radius 1 is 1.38 bits per heavy atom. The maximum absolute atomic E-state index is 12.6. The van der Waals surface area contributed by atoms with E-state index >= 15 is 0 Å². The average Bonchev–Trinajstić information content (AvgIpc) is 3.26. The Hall–Kier alpha value is -1.66. The van der Waals surface area contributed by atoms with Crippen LogP contribution in [0.25, 0.3) is 0 Å². The van der Waals surface area contributed by atoms with Crippen molar-refractivity contribution in [3.8, 4) is 0 Å². The minimum absolute atomic E-state index is 0.0475. The van der Waals surface area contributed by atoms with Crippen LogP contribution in [0.4, 0.5) is 5.69 Å². The first-order valence-electron chi connectivity index (χ1n) is 8.61. The van der Waals surface area contributed by atoms with Gasteiger partial charge in [-0.15, -0.1) is 11.3 Å². The van der Waals surface area contributed by atoms with Crippen LogP contribution in [0.5, 0.6) is 0 Å². The van der Waals surface area contributed by atoms with Crippen molar-refractivity contribution in [1.82, 2.24) is 14.7 Å². The summed E-state index contributed by atoms with van der Waals surface area (Å²) in [6.07, 6.45) is 6.66. The van der Waals surface area contributed by atoms with Crippen LogP contribution >= 0.6 is 11.3 Å². The summed E-state index contributed by atoms with van der Waals surface area (Å²) in [7, 11) is 1.88. The van der Waals surface area contributed by atoms with E-state index in [0.717, 1.165) is 17.9 Å². The molecule has 0 spiro atoms. The molecule has 0 aliphatic heterocycles. The first-order chi connectivity index (χ1) is 11.5. The van der Waals surface area contributed by atoms with Crippen molar-refractivity contribution >= 4 is 22.9 Å². The number of nitrogens with zero attached hydrogens (tertiary/aromatic N) is 3. The highest BCUT2D eigenvalue weighted by Gasteiger charge is 2.25. The van der Waals surface area contributed by atoms with Crippen molar-refractivity contribution in [3.63, 3.8) is 0 Å². The van der Waals surface area contributed by atoms with Gasteiger partial charge in [0, 0.05) is 29.4 Å². The molecule has 1 fully saturated rings. The number of hydrogen-bond acceptors (Lipinski definition) is 4. The Kier molecular flexibility index (Phi) is 5.36. The van der Waals surface area contributed by atoms with Crippen LogP contribution in [-0.2, 0) is 18.4 Å². The fourth-order valence-electron chi connectivity index (χ4n) is 3.35. The minimum Gasteiger partial charge on any atom is -0.322 e. The first kappa shape index (κ1) is 17.2. The van der Waals surface area contributed by atoms with Crippen molar-refractivity contribution in [1.29, 1.82) is 0 Å². The minimum atomic E-state index is 0.0475. The summed E-state index contributed by atoms with van der Waals surface area (Å²) in [4.78, 5) is 17.6. The summed E-state index contributed by atoms with van der Waals surface area (Å²) < 4.78 is 1.78. The molecule has 130 valence electrons. The number of thiophene rings is 1. The SMILES string of the molecule is Cc1ccc(CN(CC(=O)Nc2cnn(C)c2C)C2CCCC2)s1. The summed E-state index contributed by atoms with van der Waals surface area (Å²) in [6.45, 7) is 5.40. The molecule has 1 amide bonds. The summed E-state index contributed by atoms with van der Waals surface area (Å²) in [5.41, 5.74) is 1.78. The van der Waals surface area contributed by atoms with E-state index in [1.807, 2.05) is 25.3 Å². The van der Waals surface area contributed by atoms with Gasteiger partial charge in [-0.3, -0.25) is 14.4 Å². The van der Waals surface area contributed by atoms with Gasteiger partial charge in [0.15, 0.2) is 0 Å². The first-order valence-corrected chi connectivity index (χ1v) is 9.42. The number of aryl methyl sites for hydroxylation is 2. The molecule has 3 rings (SSSR count). The Labute approximate surface area is 147 Å². The molecule has 2 aromatic heterocycles. The van der Waals surface area contributed by atoms with Gasteiger partial charge in [-0.2, -0.15) is 5.10 Å². The molecule has 1 aliphatic rings. The van der Waals surface area contributed by atoms with Gasteiger partial charge in [-0.25, -0.2) is 0 Å². The second-order valence-corrected chi connectivity index (χ2v) is 8.04. The Balaban J connectivity index is 1.66. The van der Waals surface area contributed by atoms with Gasteiger partial charge in [-0.05, 0) is 38.8 Å². The zero-order chi connectivity index (χ0) is 17.1. The molecule has 0 bridgehead atoms. The van der Waals surface area contributed by atoms with Gasteiger partial charge >= 0.3 is 0 Å². The predicted molar refractivity (Wildman–Crippen MR) is 98.3 cm³/mol. The number of carbonyl (C=O) groups is 1. The van der Waals surface area contributed by atoms with Crippen LogP contribution in [0, 0.1) is 13.8 Å². The zero-order valence-corrected chi connectivity index (χ0v) is 15.5. The van der Waals surface area contributed by atoms with Crippen LogP contribution in [0.2, 0.25) is 0 Å². The molecule has 0 radical (unpaired) electrons. The smallest absolute Gasteiger partial charge is 0.238 e. The molecule has 24 heavy (non-hydrogen) atoms. The molecule has 1 aliphatic carbocycles. The van der Waals surface area contributed by atoms with Crippen molar-refractivity contribution in [3.05, 3.63) is 33.8 Å². The molecule has 0 saturated heterocycles. The van der Waals surface area contributed by atoms with Crippen molar-refractivity contribution in [2.45, 2.75) is 52.1 Å². The summed E-state index contributed by atoms with van der Waals surface area (Å²) in [5, 5.41) is 7.20. The Morgan fingerprint density at radius 2 is 2.12 bits per heavy atom. The van der Waals surface area contributed by atoms with Crippen LogP contribution in [0.15, 0.2) is 18.3 Å². The van der Waals surface area contributed by atoms with Gasteiger partial charge in [0.1, 0.15) is 0 Å². The summed E-state index contributed by atoms with van der Waals surface area (Å²) in [6, 6.07) is 4.87.